The van der Waals surface area contributed by atoms with E-state index >= 15 is 0 Å². The molecule has 3 rings (SSSR count). The lowest BCUT2D eigenvalue weighted by atomic mass is 10.0. The molecule has 8 nitrogen and oxygen atoms in total. The van der Waals surface area contributed by atoms with Crippen molar-refractivity contribution in [3.8, 4) is 5.75 Å². The van der Waals surface area contributed by atoms with Crippen LogP contribution in [-0.4, -0.2) is 55.4 Å². The molecular weight excluding hydrogens is 442 g/mol. The Kier molecular flexibility index (Phi) is 7.97. The van der Waals surface area contributed by atoms with Gasteiger partial charge in [0.1, 0.15) is 18.0 Å². The maximum atomic E-state index is 12.3. The van der Waals surface area contributed by atoms with Gasteiger partial charge in [-0.05, 0) is 62.8 Å². The Balaban J connectivity index is 1.50. The molecule has 0 bridgehead atoms. The monoisotopic (exact) mass is 475 g/mol. The molecule has 9 heteroatoms. The molecule has 1 aliphatic heterocycles. The summed E-state index contributed by atoms with van der Waals surface area (Å²) in [5, 5.41) is 0. The summed E-state index contributed by atoms with van der Waals surface area (Å²) >= 11 is 0. The smallest absolute Gasteiger partial charge is 0.410 e. The molecule has 2 aromatic rings. The highest BCUT2D eigenvalue weighted by atomic mass is 32.2. The van der Waals surface area contributed by atoms with E-state index in [4.69, 9.17) is 9.47 Å². The van der Waals surface area contributed by atoms with Crippen LogP contribution in [0.15, 0.2) is 42.7 Å². The number of benzene rings is 1. The number of likely N-dealkylation sites (tertiary alicyclic amines) is 1. The van der Waals surface area contributed by atoms with Crippen LogP contribution in [0.3, 0.4) is 0 Å². The highest BCUT2D eigenvalue weighted by Gasteiger charge is 2.35. The quantitative estimate of drug-likeness (QED) is 0.598. The number of pyridine rings is 1. The predicted octanol–water partition coefficient (Wildman–Crippen LogP) is 3.30. The Labute approximate surface area is 196 Å². The summed E-state index contributed by atoms with van der Waals surface area (Å²) in [6.45, 7) is 6.93. The molecule has 0 saturated carbocycles. The molecule has 1 amide bonds. The van der Waals surface area contributed by atoms with Crippen molar-refractivity contribution in [3.63, 3.8) is 0 Å². The first-order valence-corrected chi connectivity index (χ1v) is 13.0. The minimum Gasteiger partial charge on any atom is -0.490 e. The van der Waals surface area contributed by atoms with Gasteiger partial charge >= 0.3 is 6.09 Å². The molecule has 1 aliphatic rings. The van der Waals surface area contributed by atoms with Crippen molar-refractivity contribution in [3.05, 3.63) is 59.4 Å². The van der Waals surface area contributed by atoms with Crippen LogP contribution in [0, 0.1) is 0 Å². The molecular formula is C24H33N3O5S. The first-order chi connectivity index (χ1) is 15.5. The molecule has 0 spiro atoms. The standard InChI is InChI=1S/C24H33N3O5S/c1-24(2,3)32-23(28)27-11-10-21(27)17-31-22-13-20(14-25-16-22)9-8-18-6-5-7-19(12-18)15-26-33(4,29)30/h5-7,12-14,16,21,26H,8-11,15,17H2,1-4H3/t21-/m0/s1. The maximum Gasteiger partial charge on any atom is 0.410 e. The van der Waals surface area contributed by atoms with Crippen LogP contribution in [0.25, 0.3) is 0 Å². The van der Waals surface area contributed by atoms with E-state index in [-0.39, 0.29) is 18.7 Å². The number of hydrogen-bond acceptors (Lipinski definition) is 6. The van der Waals surface area contributed by atoms with Gasteiger partial charge in [-0.1, -0.05) is 24.3 Å². The second-order valence-corrected chi connectivity index (χ2v) is 11.2. The Hall–Kier alpha value is -2.65. The van der Waals surface area contributed by atoms with Crippen molar-refractivity contribution in [2.45, 2.75) is 58.2 Å². The van der Waals surface area contributed by atoms with Crippen LogP contribution in [-0.2, 0) is 34.1 Å². The number of ether oxygens (including phenoxy) is 2. The highest BCUT2D eigenvalue weighted by Crippen LogP contribution is 2.23. The van der Waals surface area contributed by atoms with E-state index in [0.29, 0.717) is 18.9 Å². The van der Waals surface area contributed by atoms with Gasteiger partial charge in [-0.2, -0.15) is 0 Å². The maximum absolute atomic E-state index is 12.3. The van der Waals surface area contributed by atoms with Crippen LogP contribution >= 0.6 is 0 Å². The molecule has 1 N–H and O–H groups in total. The summed E-state index contributed by atoms with van der Waals surface area (Å²) in [7, 11) is -3.22. The fourth-order valence-corrected chi connectivity index (χ4v) is 3.87. The zero-order chi connectivity index (χ0) is 24.1. The van der Waals surface area contributed by atoms with Gasteiger partial charge in [-0.25, -0.2) is 17.9 Å². The van der Waals surface area contributed by atoms with Gasteiger partial charge in [0.15, 0.2) is 0 Å². The van der Waals surface area contributed by atoms with E-state index in [2.05, 4.69) is 9.71 Å². The Morgan fingerprint density at radius 1 is 1.15 bits per heavy atom. The SMILES string of the molecule is CC(C)(C)OC(=O)N1CC[C@H]1COc1cncc(CCc2cccc(CNS(C)(=O)=O)c2)c1. The Bertz CT molecular complexity index is 1070. The lowest BCUT2D eigenvalue weighted by Crippen LogP contribution is -2.55. The van der Waals surface area contributed by atoms with Crippen molar-refractivity contribution in [1.82, 2.24) is 14.6 Å². The zero-order valence-electron chi connectivity index (χ0n) is 19.7. The average Bonchev–Trinajstić information content (AvgIpc) is 2.69. The fourth-order valence-electron chi connectivity index (χ4n) is 3.45. The summed E-state index contributed by atoms with van der Waals surface area (Å²) in [5.41, 5.74) is 2.57. The summed E-state index contributed by atoms with van der Waals surface area (Å²) in [6.07, 6.45) is 6.81. The molecule has 0 aliphatic carbocycles. The minimum absolute atomic E-state index is 0.00629. The van der Waals surface area contributed by atoms with E-state index in [1.807, 2.05) is 57.3 Å². The lowest BCUT2D eigenvalue weighted by Gasteiger charge is -2.40. The average molecular weight is 476 g/mol. The van der Waals surface area contributed by atoms with Crippen molar-refractivity contribution < 1.29 is 22.7 Å². The van der Waals surface area contributed by atoms with Gasteiger partial charge in [0.25, 0.3) is 0 Å². The van der Waals surface area contributed by atoms with Crippen molar-refractivity contribution in [2.24, 2.45) is 0 Å². The van der Waals surface area contributed by atoms with E-state index in [1.54, 1.807) is 11.1 Å². The number of amides is 1. The molecule has 1 aromatic carbocycles. The number of aryl methyl sites for hydroxylation is 2. The molecule has 180 valence electrons. The second-order valence-electron chi connectivity index (χ2n) is 9.37. The van der Waals surface area contributed by atoms with Crippen LogP contribution in [0.5, 0.6) is 5.75 Å². The van der Waals surface area contributed by atoms with Gasteiger partial charge in [-0.15, -0.1) is 0 Å². The van der Waals surface area contributed by atoms with Gasteiger partial charge in [0.05, 0.1) is 18.5 Å². The van der Waals surface area contributed by atoms with E-state index in [0.717, 1.165) is 42.2 Å². The Morgan fingerprint density at radius 3 is 2.55 bits per heavy atom. The minimum atomic E-state index is -3.22. The van der Waals surface area contributed by atoms with Crippen LogP contribution in [0.4, 0.5) is 4.79 Å². The number of carbonyl (C=O) groups is 1. The van der Waals surface area contributed by atoms with Crippen LogP contribution in [0.1, 0.15) is 43.9 Å². The van der Waals surface area contributed by atoms with Crippen molar-refractivity contribution >= 4 is 16.1 Å². The third-order valence-electron chi connectivity index (χ3n) is 5.22. The number of hydrogen-bond donors (Lipinski definition) is 1. The molecule has 1 saturated heterocycles. The number of nitrogens with zero attached hydrogens (tertiary/aromatic N) is 2. The third kappa shape index (κ3) is 8.33. The van der Waals surface area contributed by atoms with Gasteiger partial charge in [0, 0.05) is 19.3 Å². The van der Waals surface area contributed by atoms with Crippen LogP contribution < -0.4 is 9.46 Å². The van der Waals surface area contributed by atoms with Crippen molar-refractivity contribution in [1.29, 1.82) is 0 Å². The Morgan fingerprint density at radius 2 is 1.88 bits per heavy atom. The molecule has 33 heavy (non-hydrogen) atoms. The number of sulfonamides is 1. The van der Waals surface area contributed by atoms with E-state index < -0.39 is 15.6 Å². The summed E-state index contributed by atoms with van der Waals surface area (Å²) in [5.74, 6) is 0.676. The zero-order valence-corrected chi connectivity index (χ0v) is 20.5. The third-order valence-corrected chi connectivity index (χ3v) is 5.89. The number of carbonyl (C=O) groups excluding carboxylic acids is 1. The van der Waals surface area contributed by atoms with Gasteiger partial charge < -0.3 is 14.4 Å². The normalized spacial score (nSPS) is 16.2. The molecule has 1 aromatic heterocycles. The van der Waals surface area contributed by atoms with E-state index in [9.17, 15) is 13.2 Å². The first kappa shape index (κ1) is 25.0. The second kappa shape index (κ2) is 10.5. The van der Waals surface area contributed by atoms with Gasteiger partial charge in [-0.3, -0.25) is 4.98 Å². The topological polar surface area (TPSA) is 97.8 Å². The van der Waals surface area contributed by atoms with E-state index in [1.165, 1.54) is 0 Å². The summed E-state index contributed by atoms with van der Waals surface area (Å²) < 4.78 is 36.5. The fraction of sp³-hybridized carbons (Fsp3) is 0.500. The lowest BCUT2D eigenvalue weighted by molar-refractivity contribution is -0.0141. The summed E-state index contributed by atoms with van der Waals surface area (Å²) in [4.78, 5) is 18.2. The molecule has 0 radical (unpaired) electrons. The molecule has 1 fully saturated rings. The first-order valence-electron chi connectivity index (χ1n) is 11.1. The van der Waals surface area contributed by atoms with Crippen LogP contribution in [0.2, 0.25) is 0 Å². The number of nitrogens with one attached hydrogen (secondary N) is 1. The van der Waals surface area contributed by atoms with Gasteiger partial charge in [0.2, 0.25) is 10.0 Å². The number of rotatable bonds is 9. The predicted molar refractivity (Wildman–Crippen MR) is 127 cm³/mol. The molecule has 2 heterocycles. The highest BCUT2D eigenvalue weighted by molar-refractivity contribution is 7.88. The molecule has 1 atom stereocenters. The number of aromatic nitrogens is 1. The summed E-state index contributed by atoms with van der Waals surface area (Å²) in [6, 6.07) is 9.85. The van der Waals surface area contributed by atoms with Crippen molar-refractivity contribution in [2.75, 3.05) is 19.4 Å². The largest absolute Gasteiger partial charge is 0.490 e. The molecule has 0 unspecified atom stereocenters.